The minimum absolute atomic E-state index is 0.0160. The third-order valence-corrected chi connectivity index (χ3v) is 11.6. The molecule has 0 aliphatic heterocycles. The van der Waals surface area contributed by atoms with Crippen LogP contribution in [0, 0.1) is 0 Å². The van der Waals surface area contributed by atoms with Gasteiger partial charge in [0.1, 0.15) is 13.2 Å². The van der Waals surface area contributed by atoms with E-state index < -0.39 is 20.0 Å². The van der Waals surface area contributed by atoms with E-state index in [4.69, 9.17) is 9.05 Å². The van der Waals surface area contributed by atoms with Gasteiger partial charge >= 0.3 is 0 Å². The third kappa shape index (κ3) is 39.5. The monoisotopic (exact) mass is 775 g/mol. The van der Waals surface area contributed by atoms with Crippen LogP contribution in [0.5, 0.6) is 0 Å². The Hall–Kier alpha value is -0.500. The number of hydrogen-bond acceptors (Lipinski definition) is 6. The molecule has 0 radical (unpaired) electrons. The van der Waals surface area contributed by atoms with E-state index in [1.165, 1.54) is 161 Å². The molecule has 1 amide bonds. The molecule has 9 heteroatoms. The van der Waals surface area contributed by atoms with E-state index in [-0.39, 0.29) is 19.1 Å². The summed E-state index contributed by atoms with van der Waals surface area (Å²) in [5.74, 6) is -0.162. The molecule has 0 aliphatic carbocycles. The number of unbranched alkanes of at least 4 members (excludes halogenated alkanes) is 29. The molecular formula is C44H91N2O6P. The molecule has 318 valence electrons. The molecule has 0 saturated heterocycles. The molecule has 53 heavy (non-hydrogen) atoms. The van der Waals surface area contributed by atoms with Gasteiger partial charge in [0.25, 0.3) is 7.82 Å². The topological polar surface area (TPSA) is 108 Å². The van der Waals surface area contributed by atoms with Gasteiger partial charge in [-0.15, -0.1) is 0 Å². The molecule has 8 nitrogen and oxygen atoms in total. The number of phosphoric ester groups is 1. The number of carbonyl (C=O) groups is 1. The van der Waals surface area contributed by atoms with Crippen LogP contribution in [-0.2, 0) is 18.4 Å². The Morgan fingerprint density at radius 3 is 1.28 bits per heavy atom. The Labute approximate surface area is 329 Å². The molecule has 3 unspecified atom stereocenters. The van der Waals surface area contributed by atoms with E-state index in [9.17, 15) is 19.4 Å². The number of amides is 1. The average Bonchev–Trinajstić information content (AvgIpc) is 3.10. The van der Waals surface area contributed by atoms with Crippen molar-refractivity contribution in [2.45, 2.75) is 238 Å². The second-order valence-corrected chi connectivity index (χ2v) is 18.5. The van der Waals surface area contributed by atoms with Crippen LogP contribution in [0.4, 0.5) is 0 Å². The molecule has 0 spiro atoms. The number of hydrogen-bond donors (Lipinski definition) is 2. The van der Waals surface area contributed by atoms with Gasteiger partial charge in [0, 0.05) is 6.42 Å². The number of nitrogens with one attached hydrogen (secondary N) is 1. The number of carbonyl (C=O) groups excluding carboxylic acids is 1. The van der Waals surface area contributed by atoms with Gasteiger partial charge in [0.15, 0.2) is 0 Å². The fraction of sp³-hybridized carbons (Fsp3) is 0.977. The van der Waals surface area contributed by atoms with Gasteiger partial charge < -0.3 is 28.8 Å². The van der Waals surface area contributed by atoms with Crippen LogP contribution in [-0.4, -0.2) is 68.5 Å². The van der Waals surface area contributed by atoms with E-state index in [2.05, 4.69) is 19.2 Å². The Kier molecular flexibility index (Phi) is 36.7. The number of likely N-dealkylation sites (N-methyl/N-ethyl adjacent to an activating group) is 1. The molecule has 0 rings (SSSR count). The predicted octanol–water partition coefficient (Wildman–Crippen LogP) is 12.0. The zero-order valence-electron chi connectivity index (χ0n) is 36.0. The molecule has 0 fully saturated rings. The Morgan fingerprint density at radius 2 is 0.925 bits per heavy atom. The smallest absolute Gasteiger partial charge is 0.268 e. The SMILES string of the molecule is CCCCCCCCCCCCCCCCCCCCCC(O)C(COP(=O)([O-])OCC[N+](C)(C)C)NC(=O)CCCCCCCCCCCCCC. The first-order chi connectivity index (χ1) is 25.5. The van der Waals surface area contributed by atoms with Crippen molar-refractivity contribution in [1.29, 1.82) is 0 Å². The fourth-order valence-corrected chi connectivity index (χ4v) is 7.65. The van der Waals surface area contributed by atoms with Gasteiger partial charge in [-0.1, -0.05) is 206 Å². The molecule has 0 aromatic carbocycles. The van der Waals surface area contributed by atoms with Crippen molar-refractivity contribution < 1.29 is 32.9 Å². The van der Waals surface area contributed by atoms with Gasteiger partial charge in [-0.25, -0.2) is 0 Å². The summed E-state index contributed by atoms with van der Waals surface area (Å²) < 4.78 is 23.3. The molecule has 0 aliphatic rings. The van der Waals surface area contributed by atoms with Crippen molar-refractivity contribution in [2.24, 2.45) is 0 Å². The average molecular weight is 775 g/mol. The van der Waals surface area contributed by atoms with Crippen molar-refractivity contribution in [3.8, 4) is 0 Å². The van der Waals surface area contributed by atoms with Gasteiger partial charge in [-0.05, 0) is 12.8 Å². The molecule has 2 N–H and O–H groups in total. The van der Waals surface area contributed by atoms with Crippen LogP contribution in [0.15, 0.2) is 0 Å². The number of nitrogens with zero attached hydrogens (tertiary/aromatic N) is 1. The molecule has 0 aromatic rings. The summed E-state index contributed by atoms with van der Waals surface area (Å²) in [6.45, 7) is 4.73. The largest absolute Gasteiger partial charge is 0.756 e. The molecular weight excluding hydrogens is 683 g/mol. The second-order valence-electron chi connectivity index (χ2n) is 17.1. The van der Waals surface area contributed by atoms with Crippen molar-refractivity contribution in [2.75, 3.05) is 40.9 Å². The Morgan fingerprint density at radius 1 is 0.585 bits per heavy atom. The number of phosphoric acid groups is 1. The lowest BCUT2D eigenvalue weighted by atomic mass is 10.0. The maximum atomic E-state index is 12.8. The summed E-state index contributed by atoms with van der Waals surface area (Å²) in [4.78, 5) is 25.3. The quantitative estimate of drug-likeness (QED) is 0.0363. The summed E-state index contributed by atoms with van der Waals surface area (Å²) in [6.07, 6.45) is 39.6. The van der Waals surface area contributed by atoms with Gasteiger partial charge in [0.05, 0.1) is 39.9 Å². The van der Waals surface area contributed by atoms with Crippen LogP contribution in [0.3, 0.4) is 0 Å². The van der Waals surface area contributed by atoms with Crippen LogP contribution < -0.4 is 10.2 Å². The van der Waals surface area contributed by atoms with Crippen LogP contribution in [0.25, 0.3) is 0 Å². The highest BCUT2D eigenvalue weighted by atomic mass is 31.2. The highest BCUT2D eigenvalue weighted by molar-refractivity contribution is 7.45. The lowest BCUT2D eigenvalue weighted by Gasteiger charge is -2.30. The maximum absolute atomic E-state index is 12.8. The minimum atomic E-state index is -4.55. The second kappa shape index (κ2) is 37.1. The van der Waals surface area contributed by atoms with E-state index in [0.29, 0.717) is 23.9 Å². The standard InChI is InChI=1S/C44H91N2O6P/c1-6-8-10-12-14-16-18-20-21-22-23-24-25-26-27-29-31-33-35-37-43(47)42(41-52-53(49,50)51-40-39-46(3,4)5)45-44(48)38-36-34-32-30-28-19-17-15-13-11-9-7-2/h42-43,47H,6-41H2,1-5H3,(H-,45,48,49,50). The molecule has 3 atom stereocenters. The molecule has 0 heterocycles. The van der Waals surface area contributed by atoms with Crippen molar-refractivity contribution in [3.05, 3.63) is 0 Å². The number of aliphatic hydroxyl groups excluding tert-OH is 1. The zero-order valence-corrected chi connectivity index (χ0v) is 36.9. The van der Waals surface area contributed by atoms with Gasteiger partial charge in [0.2, 0.25) is 5.91 Å². The van der Waals surface area contributed by atoms with Crippen molar-refractivity contribution in [3.63, 3.8) is 0 Å². The number of aliphatic hydroxyl groups is 1. The fourth-order valence-electron chi connectivity index (χ4n) is 6.92. The highest BCUT2D eigenvalue weighted by Gasteiger charge is 2.24. The normalized spacial score (nSPS) is 14.3. The summed E-state index contributed by atoms with van der Waals surface area (Å²) in [5.41, 5.74) is 0. The van der Waals surface area contributed by atoms with E-state index in [0.717, 1.165) is 38.5 Å². The van der Waals surface area contributed by atoms with Gasteiger partial charge in [-0.3, -0.25) is 9.36 Å². The predicted molar refractivity (Wildman–Crippen MR) is 224 cm³/mol. The Bertz CT molecular complexity index is 839. The maximum Gasteiger partial charge on any atom is 0.268 e. The van der Waals surface area contributed by atoms with Crippen LogP contribution in [0.1, 0.15) is 226 Å². The van der Waals surface area contributed by atoms with Crippen LogP contribution >= 0.6 is 7.82 Å². The Balaban J connectivity index is 4.28. The summed E-state index contributed by atoms with van der Waals surface area (Å²) in [6, 6.07) is -0.792. The molecule has 0 bridgehead atoms. The first-order valence-electron chi connectivity index (χ1n) is 22.9. The van der Waals surface area contributed by atoms with Crippen molar-refractivity contribution >= 4 is 13.7 Å². The van der Waals surface area contributed by atoms with E-state index in [1.807, 2.05) is 21.1 Å². The minimum Gasteiger partial charge on any atom is -0.756 e. The molecule has 0 aromatic heterocycles. The first kappa shape index (κ1) is 52.5. The number of quaternary nitrogens is 1. The van der Waals surface area contributed by atoms with E-state index in [1.54, 1.807) is 0 Å². The molecule has 0 saturated carbocycles. The summed E-state index contributed by atoms with van der Waals surface area (Å²) in [5, 5.41) is 13.9. The first-order valence-corrected chi connectivity index (χ1v) is 24.3. The summed E-state index contributed by atoms with van der Waals surface area (Å²) >= 11 is 0. The van der Waals surface area contributed by atoms with Gasteiger partial charge in [-0.2, -0.15) is 0 Å². The third-order valence-electron chi connectivity index (χ3n) is 10.6. The highest BCUT2D eigenvalue weighted by Crippen LogP contribution is 2.38. The lowest BCUT2D eigenvalue weighted by molar-refractivity contribution is -0.870. The summed E-state index contributed by atoms with van der Waals surface area (Å²) in [7, 11) is 1.32. The van der Waals surface area contributed by atoms with Crippen LogP contribution in [0.2, 0.25) is 0 Å². The lowest BCUT2D eigenvalue weighted by Crippen LogP contribution is -2.46. The number of rotatable bonds is 42. The van der Waals surface area contributed by atoms with Crippen molar-refractivity contribution in [1.82, 2.24) is 5.32 Å². The van der Waals surface area contributed by atoms with E-state index >= 15 is 0 Å². The zero-order chi connectivity index (χ0) is 39.3.